The molecule has 0 aromatic heterocycles. The van der Waals surface area contributed by atoms with E-state index < -0.39 is 0 Å². The van der Waals surface area contributed by atoms with E-state index in [1.807, 2.05) is 6.07 Å². The lowest BCUT2D eigenvalue weighted by Crippen LogP contribution is -2.42. The Hall–Kier alpha value is -1.38. The third-order valence-corrected chi connectivity index (χ3v) is 4.37. The quantitative estimate of drug-likeness (QED) is 0.746. The van der Waals surface area contributed by atoms with Gasteiger partial charge in [-0.3, -0.25) is 4.79 Å². The van der Waals surface area contributed by atoms with E-state index in [1.54, 1.807) is 6.07 Å². The van der Waals surface area contributed by atoms with E-state index in [2.05, 4.69) is 4.90 Å². The van der Waals surface area contributed by atoms with Crippen LogP contribution >= 0.6 is 0 Å². The highest BCUT2D eigenvalue weighted by atomic mass is 19.1. The Morgan fingerprint density at radius 3 is 2.83 bits per heavy atom. The summed E-state index contributed by atoms with van der Waals surface area (Å²) in [4.78, 5) is 13.2. The Kier molecular flexibility index (Phi) is 3.06. The molecule has 96 valence electrons. The van der Waals surface area contributed by atoms with Crippen molar-refractivity contribution < 1.29 is 9.18 Å². The van der Waals surface area contributed by atoms with Crippen molar-refractivity contribution >= 4 is 12.0 Å². The van der Waals surface area contributed by atoms with E-state index in [-0.39, 0.29) is 5.82 Å². The molecule has 3 rings (SSSR count). The van der Waals surface area contributed by atoms with Gasteiger partial charge in [-0.15, -0.1) is 0 Å². The number of fused-ring (bicyclic) bond motifs is 1. The van der Waals surface area contributed by atoms with Gasteiger partial charge < -0.3 is 4.90 Å². The fourth-order valence-electron chi connectivity index (χ4n) is 3.60. The van der Waals surface area contributed by atoms with Crippen LogP contribution in [0.3, 0.4) is 0 Å². The van der Waals surface area contributed by atoms with Gasteiger partial charge in [0.1, 0.15) is 12.1 Å². The topological polar surface area (TPSA) is 20.3 Å². The van der Waals surface area contributed by atoms with E-state index in [0.717, 1.165) is 24.4 Å². The SMILES string of the molecule is O=Cc1cc(F)cc(N2CCCC3CCCC32)c1. The van der Waals surface area contributed by atoms with E-state index in [9.17, 15) is 9.18 Å². The maximum absolute atomic E-state index is 13.5. The minimum atomic E-state index is -0.310. The molecule has 0 bridgehead atoms. The summed E-state index contributed by atoms with van der Waals surface area (Å²) in [6.45, 7) is 0.989. The van der Waals surface area contributed by atoms with Crippen LogP contribution in [-0.4, -0.2) is 18.9 Å². The molecular formula is C15H18FNO. The molecule has 1 aromatic carbocycles. The van der Waals surface area contributed by atoms with E-state index >= 15 is 0 Å². The van der Waals surface area contributed by atoms with Crippen LogP contribution < -0.4 is 4.90 Å². The number of benzene rings is 1. The van der Waals surface area contributed by atoms with Gasteiger partial charge in [-0.25, -0.2) is 4.39 Å². The van der Waals surface area contributed by atoms with Crippen LogP contribution in [0.1, 0.15) is 42.5 Å². The molecule has 18 heavy (non-hydrogen) atoms. The molecule has 1 aromatic rings. The van der Waals surface area contributed by atoms with Crippen LogP contribution in [0.25, 0.3) is 0 Å². The van der Waals surface area contributed by atoms with Crippen LogP contribution in [0.5, 0.6) is 0 Å². The third-order valence-electron chi connectivity index (χ3n) is 4.37. The van der Waals surface area contributed by atoms with Crippen molar-refractivity contribution in [1.82, 2.24) is 0 Å². The average Bonchev–Trinajstić information content (AvgIpc) is 2.85. The first kappa shape index (κ1) is 11.7. The second kappa shape index (κ2) is 4.71. The molecule has 1 saturated carbocycles. The molecule has 0 amide bonds. The Balaban J connectivity index is 1.93. The van der Waals surface area contributed by atoms with Crippen molar-refractivity contribution in [3.05, 3.63) is 29.6 Å². The third kappa shape index (κ3) is 2.02. The van der Waals surface area contributed by atoms with Crippen LogP contribution in [0.4, 0.5) is 10.1 Å². The summed E-state index contributed by atoms with van der Waals surface area (Å²) in [7, 11) is 0. The first-order chi connectivity index (χ1) is 8.78. The summed E-state index contributed by atoms with van der Waals surface area (Å²) in [6.07, 6.45) is 6.99. The maximum Gasteiger partial charge on any atom is 0.150 e. The summed E-state index contributed by atoms with van der Waals surface area (Å²) < 4.78 is 13.5. The summed E-state index contributed by atoms with van der Waals surface area (Å²) in [5.74, 6) is 0.455. The number of carbonyl (C=O) groups excluding carboxylic acids is 1. The maximum atomic E-state index is 13.5. The van der Waals surface area contributed by atoms with Gasteiger partial charge in [-0.2, -0.15) is 0 Å². The van der Waals surface area contributed by atoms with Crippen molar-refractivity contribution in [2.45, 2.75) is 38.1 Å². The Labute approximate surface area is 107 Å². The van der Waals surface area contributed by atoms with Crippen molar-refractivity contribution in [1.29, 1.82) is 0 Å². The minimum absolute atomic E-state index is 0.310. The lowest BCUT2D eigenvalue weighted by atomic mass is 9.91. The number of hydrogen-bond donors (Lipinski definition) is 0. The molecule has 1 saturated heterocycles. The minimum Gasteiger partial charge on any atom is -0.368 e. The molecule has 2 fully saturated rings. The molecule has 0 spiro atoms. The van der Waals surface area contributed by atoms with Gasteiger partial charge in [-0.1, -0.05) is 6.42 Å². The van der Waals surface area contributed by atoms with Gasteiger partial charge in [0.15, 0.2) is 0 Å². The van der Waals surface area contributed by atoms with Gasteiger partial charge in [-0.05, 0) is 49.8 Å². The average molecular weight is 247 g/mol. The smallest absolute Gasteiger partial charge is 0.150 e. The Morgan fingerprint density at radius 2 is 2.00 bits per heavy atom. The first-order valence-corrected chi connectivity index (χ1v) is 6.80. The summed E-state index contributed by atoms with van der Waals surface area (Å²) in [6, 6.07) is 5.23. The number of aldehydes is 1. The standard InChI is InChI=1S/C15H18FNO/c16-13-7-11(10-18)8-14(9-13)17-6-2-4-12-3-1-5-15(12)17/h7-10,12,15H,1-6H2. The highest BCUT2D eigenvalue weighted by molar-refractivity contribution is 5.77. The Morgan fingerprint density at radius 1 is 1.17 bits per heavy atom. The molecule has 3 heteroatoms. The lowest BCUT2D eigenvalue weighted by Gasteiger charge is -2.39. The van der Waals surface area contributed by atoms with Crippen LogP contribution in [-0.2, 0) is 0 Å². The molecule has 1 aliphatic heterocycles. The summed E-state index contributed by atoms with van der Waals surface area (Å²) in [5.41, 5.74) is 1.32. The van der Waals surface area contributed by atoms with Crippen LogP contribution in [0.15, 0.2) is 18.2 Å². The van der Waals surface area contributed by atoms with Crippen LogP contribution in [0.2, 0.25) is 0 Å². The second-order valence-electron chi connectivity index (χ2n) is 5.45. The fourth-order valence-corrected chi connectivity index (χ4v) is 3.60. The molecular weight excluding hydrogens is 229 g/mol. The second-order valence-corrected chi connectivity index (χ2v) is 5.45. The predicted octanol–water partition coefficient (Wildman–Crippen LogP) is 3.41. The zero-order chi connectivity index (χ0) is 12.5. The number of anilines is 1. The zero-order valence-electron chi connectivity index (χ0n) is 10.4. The highest BCUT2D eigenvalue weighted by Gasteiger charge is 2.35. The monoisotopic (exact) mass is 247 g/mol. The van der Waals surface area contributed by atoms with Gasteiger partial charge in [0.05, 0.1) is 0 Å². The van der Waals surface area contributed by atoms with Crippen molar-refractivity contribution in [3.63, 3.8) is 0 Å². The van der Waals surface area contributed by atoms with E-state index in [1.165, 1.54) is 38.2 Å². The molecule has 0 radical (unpaired) electrons. The van der Waals surface area contributed by atoms with Gasteiger partial charge in [0.25, 0.3) is 0 Å². The van der Waals surface area contributed by atoms with E-state index in [0.29, 0.717) is 11.6 Å². The van der Waals surface area contributed by atoms with Crippen molar-refractivity contribution in [2.75, 3.05) is 11.4 Å². The number of carbonyl (C=O) groups is 1. The molecule has 2 aliphatic rings. The molecule has 2 nitrogen and oxygen atoms in total. The first-order valence-electron chi connectivity index (χ1n) is 6.80. The van der Waals surface area contributed by atoms with Gasteiger partial charge in [0, 0.05) is 23.8 Å². The summed E-state index contributed by atoms with van der Waals surface area (Å²) >= 11 is 0. The number of halogens is 1. The number of piperidine rings is 1. The van der Waals surface area contributed by atoms with Crippen molar-refractivity contribution in [3.8, 4) is 0 Å². The molecule has 2 unspecified atom stereocenters. The molecule has 1 aliphatic carbocycles. The lowest BCUT2D eigenvalue weighted by molar-refractivity contribution is 0.112. The number of hydrogen-bond acceptors (Lipinski definition) is 2. The van der Waals surface area contributed by atoms with Crippen molar-refractivity contribution in [2.24, 2.45) is 5.92 Å². The zero-order valence-corrected chi connectivity index (χ0v) is 10.4. The highest BCUT2D eigenvalue weighted by Crippen LogP contribution is 2.39. The Bertz CT molecular complexity index is 460. The van der Waals surface area contributed by atoms with Gasteiger partial charge in [0.2, 0.25) is 0 Å². The normalized spacial score (nSPS) is 27.1. The molecule has 2 atom stereocenters. The van der Waals surface area contributed by atoms with E-state index in [4.69, 9.17) is 0 Å². The fraction of sp³-hybridized carbons (Fsp3) is 0.533. The van der Waals surface area contributed by atoms with Crippen LogP contribution in [0, 0.1) is 11.7 Å². The number of nitrogens with zero attached hydrogens (tertiary/aromatic N) is 1. The van der Waals surface area contributed by atoms with Gasteiger partial charge >= 0.3 is 0 Å². The molecule has 1 heterocycles. The summed E-state index contributed by atoms with van der Waals surface area (Å²) in [5, 5.41) is 0. The molecule has 0 N–H and O–H groups in total. The predicted molar refractivity (Wildman–Crippen MR) is 69.5 cm³/mol. The largest absolute Gasteiger partial charge is 0.368 e. The number of rotatable bonds is 2.